The van der Waals surface area contributed by atoms with Crippen LogP contribution in [-0.2, 0) is 19.1 Å². The van der Waals surface area contributed by atoms with E-state index < -0.39 is 28.7 Å². The largest absolute Gasteiger partial charge is 0.465 e. The molecule has 9 heteroatoms. The Labute approximate surface area is 239 Å². The van der Waals surface area contributed by atoms with Crippen LogP contribution in [0.25, 0.3) is 0 Å². The number of aliphatic hydroxyl groups is 1. The number of carbonyl (C=O) groups excluding carboxylic acids is 3. The van der Waals surface area contributed by atoms with Crippen molar-refractivity contribution in [2.45, 2.75) is 98.2 Å². The Kier molecular flexibility index (Phi) is 9.73. The van der Waals surface area contributed by atoms with Crippen LogP contribution in [0.3, 0.4) is 0 Å². The summed E-state index contributed by atoms with van der Waals surface area (Å²) >= 11 is 5.43. The predicted octanol–water partition coefficient (Wildman–Crippen LogP) is 4.32. The van der Waals surface area contributed by atoms with Crippen molar-refractivity contribution in [2.75, 3.05) is 19.8 Å². The van der Waals surface area contributed by atoms with Crippen molar-refractivity contribution in [2.24, 2.45) is 17.8 Å². The quantitative estimate of drug-likeness (QED) is 0.153. The molecule has 3 unspecified atom stereocenters. The first kappa shape index (κ1) is 29.7. The first-order valence-corrected chi connectivity index (χ1v) is 16.0. The molecule has 0 aromatic rings. The minimum atomic E-state index is -0.746. The lowest BCUT2D eigenvalue weighted by molar-refractivity contribution is -0.154. The molecule has 2 amide bonds. The van der Waals surface area contributed by atoms with Gasteiger partial charge < -0.3 is 19.6 Å². The Bertz CT molecular complexity index is 927. The first-order chi connectivity index (χ1) is 18.3. The number of alkyl halides is 1. The summed E-state index contributed by atoms with van der Waals surface area (Å²) < 4.78 is 4.87. The zero-order valence-corrected chi connectivity index (χ0v) is 25.1. The zero-order chi connectivity index (χ0) is 27.6. The van der Waals surface area contributed by atoms with Gasteiger partial charge in [0.2, 0.25) is 11.8 Å². The molecule has 7 nitrogen and oxygen atoms in total. The van der Waals surface area contributed by atoms with E-state index in [1.807, 2.05) is 18.7 Å². The number of hydrogen-bond donors (Lipinski definition) is 1. The van der Waals surface area contributed by atoms with E-state index in [0.717, 1.165) is 32.1 Å². The minimum absolute atomic E-state index is 0.00280. The number of rotatable bonds is 12. The van der Waals surface area contributed by atoms with Crippen molar-refractivity contribution in [3.8, 4) is 0 Å². The van der Waals surface area contributed by atoms with Crippen molar-refractivity contribution < 1.29 is 24.2 Å². The van der Waals surface area contributed by atoms with Crippen LogP contribution < -0.4 is 0 Å². The Morgan fingerprint density at radius 1 is 1.29 bits per heavy atom. The molecule has 1 aliphatic carbocycles. The number of esters is 1. The molecular formula is C29H43BrN2O5S. The molecule has 1 N–H and O–H groups in total. The highest BCUT2D eigenvalue weighted by Gasteiger charge is 2.77. The van der Waals surface area contributed by atoms with E-state index in [4.69, 9.17) is 4.74 Å². The van der Waals surface area contributed by atoms with Gasteiger partial charge in [0, 0.05) is 22.7 Å². The first-order valence-electron chi connectivity index (χ1n) is 14.2. The molecule has 3 heterocycles. The van der Waals surface area contributed by atoms with Gasteiger partial charge in [0.1, 0.15) is 6.04 Å². The van der Waals surface area contributed by atoms with E-state index >= 15 is 0 Å². The van der Waals surface area contributed by atoms with E-state index in [0.29, 0.717) is 19.4 Å². The number of aliphatic hydroxyl groups excluding tert-OH is 1. The van der Waals surface area contributed by atoms with E-state index in [1.165, 1.54) is 6.42 Å². The van der Waals surface area contributed by atoms with Crippen LogP contribution in [0.5, 0.6) is 0 Å². The lowest BCUT2D eigenvalue weighted by Crippen LogP contribution is -2.60. The van der Waals surface area contributed by atoms with Crippen molar-refractivity contribution in [3.05, 3.63) is 25.3 Å². The molecule has 212 valence electrons. The maximum Gasteiger partial charge on any atom is 0.310 e. The Hall–Kier alpha value is -1.32. The third-order valence-corrected chi connectivity index (χ3v) is 12.5. The fraction of sp³-hybridized carbons (Fsp3) is 0.759. The van der Waals surface area contributed by atoms with Crippen LogP contribution in [-0.4, -0.2) is 85.4 Å². The molecule has 1 saturated carbocycles. The molecule has 1 spiro atoms. The van der Waals surface area contributed by atoms with Crippen LogP contribution >= 0.6 is 27.7 Å². The molecule has 8 atom stereocenters. The lowest BCUT2D eigenvalue weighted by atomic mass is 9.71. The Balaban J connectivity index is 1.78. The summed E-state index contributed by atoms with van der Waals surface area (Å²) in [5.74, 6) is -1.91. The summed E-state index contributed by atoms with van der Waals surface area (Å²) in [6, 6.07) is -1.13. The third-order valence-electron chi connectivity index (χ3n) is 9.27. The number of nitrogens with zero attached hydrogens (tertiary/aromatic N) is 2. The third kappa shape index (κ3) is 5.00. The maximum absolute atomic E-state index is 14.7. The summed E-state index contributed by atoms with van der Waals surface area (Å²) in [5, 5.41) is 10.4. The van der Waals surface area contributed by atoms with Crippen molar-refractivity contribution in [1.82, 2.24) is 9.80 Å². The summed E-state index contributed by atoms with van der Waals surface area (Å²) in [6.45, 7) is 12.1. The standard InChI is InChI=1S/C29H43BrN2O5S/c1-5-8-15-37-28(36)22-23-26(34)32(21(17-33)18(4)7-3)25(29(23)16-20(30)24(22)38-29)27(35)31(14-6-2)19-12-10-9-11-13-19/h5-6,18-25,33H,1-2,7-17H2,3-4H3/t18-,20?,21-,22+,23-,24+,25?,29?/m0/s1. The van der Waals surface area contributed by atoms with Gasteiger partial charge in [0.05, 0.1) is 35.8 Å². The number of thioether (sulfide) groups is 1. The normalized spacial score (nSPS) is 34.1. The minimum Gasteiger partial charge on any atom is -0.465 e. The second-order valence-corrected chi connectivity index (χ2v) is 14.1. The number of hydrogen-bond acceptors (Lipinski definition) is 6. The van der Waals surface area contributed by atoms with Gasteiger partial charge in [-0.05, 0) is 31.6 Å². The van der Waals surface area contributed by atoms with E-state index in [2.05, 4.69) is 29.1 Å². The summed E-state index contributed by atoms with van der Waals surface area (Å²) in [7, 11) is 0. The van der Waals surface area contributed by atoms with Crippen molar-refractivity contribution in [3.63, 3.8) is 0 Å². The summed E-state index contributed by atoms with van der Waals surface area (Å²) in [6.07, 6.45) is 10.6. The van der Waals surface area contributed by atoms with Gasteiger partial charge >= 0.3 is 5.97 Å². The molecule has 4 rings (SSSR count). The molecule has 0 radical (unpaired) electrons. The van der Waals surface area contributed by atoms with Crippen LogP contribution in [0.2, 0.25) is 0 Å². The Morgan fingerprint density at radius 2 is 2.00 bits per heavy atom. The van der Waals surface area contributed by atoms with Gasteiger partial charge in [-0.2, -0.15) is 0 Å². The molecule has 4 aliphatic rings. The molecule has 0 aromatic heterocycles. The Morgan fingerprint density at radius 3 is 2.61 bits per heavy atom. The maximum atomic E-state index is 14.7. The number of likely N-dealkylation sites (tertiary alicyclic amines) is 1. The monoisotopic (exact) mass is 610 g/mol. The highest BCUT2D eigenvalue weighted by molar-refractivity contribution is 9.09. The fourth-order valence-corrected chi connectivity index (χ4v) is 10.8. The van der Waals surface area contributed by atoms with E-state index in [9.17, 15) is 19.5 Å². The van der Waals surface area contributed by atoms with Crippen LogP contribution in [0, 0.1) is 17.8 Å². The molecule has 3 saturated heterocycles. The number of halogens is 1. The molecule has 4 fully saturated rings. The van der Waals surface area contributed by atoms with Gasteiger partial charge in [-0.1, -0.05) is 67.6 Å². The van der Waals surface area contributed by atoms with Gasteiger partial charge in [-0.25, -0.2) is 0 Å². The average Bonchev–Trinajstić information content (AvgIpc) is 3.51. The topological polar surface area (TPSA) is 87.2 Å². The van der Waals surface area contributed by atoms with E-state index in [1.54, 1.807) is 28.8 Å². The molecule has 0 aromatic carbocycles. The lowest BCUT2D eigenvalue weighted by Gasteiger charge is -2.43. The van der Waals surface area contributed by atoms with Gasteiger partial charge in [0.15, 0.2) is 0 Å². The molecule has 2 bridgehead atoms. The van der Waals surface area contributed by atoms with Crippen molar-refractivity contribution >= 4 is 45.5 Å². The van der Waals surface area contributed by atoms with Gasteiger partial charge in [-0.3, -0.25) is 14.4 Å². The van der Waals surface area contributed by atoms with Crippen molar-refractivity contribution in [1.29, 1.82) is 0 Å². The predicted molar refractivity (Wildman–Crippen MR) is 154 cm³/mol. The SMILES string of the molecule is C=CCCOC(=O)[C@H]1[C@@H]2SC3(CC2Br)C(C(=O)N(CC=C)C2CCCCC2)N([C@@H](CO)[C@@H](C)CC)C(=O)[C@H]13. The second-order valence-electron chi connectivity index (χ2n) is 11.4. The van der Waals surface area contributed by atoms with Gasteiger partial charge in [0.25, 0.3) is 0 Å². The number of fused-ring (bicyclic) bond motifs is 1. The number of amides is 2. The number of carbonyl (C=O) groups is 3. The molecule has 3 aliphatic heterocycles. The number of ether oxygens (including phenoxy) is 1. The highest BCUT2D eigenvalue weighted by Crippen LogP contribution is 2.68. The van der Waals surface area contributed by atoms with Gasteiger partial charge in [-0.15, -0.1) is 24.9 Å². The van der Waals surface area contributed by atoms with Crippen LogP contribution in [0.4, 0.5) is 0 Å². The average molecular weight is 612 g/mol. The van der Waals surface area contributed by atoms with Crippen LogP contribution in [0.1, 0.15) is 65.2 Å². The fourth-order valence-electron chi connectivity index (χ4n) is 7.23. The molecule has 38 heavy (non-hydrogen) atoms. The molecular weight excluding hydrogens is 568 g/mol. The van der Waals surface area contributed by atoms with Crippen LogP contribution in [0.15, 0.2) is 25.3 Å². The zero-order valence-electron chi connectivity index (χ0n) is 22.7. The van der Waals surface area contributed by atoms with E-state index in [-0.39, 0.29) is 53.0 Å². The smallest absolute Gasteiger partial charge is 0.310 e. The second kappa shape index (κ2) is 12.5. The highest BCUT2D eigenvalue weighted by atomic mass is 79.9. The summed E-state index contributed by atoms with van der Waals surface area (Å²) in [4.78, 5) is 46.1. The summed E-state index contributed by atoms with van der Waals surface area (Å²) in [5.41, 5.74) is 0.